The highest BCUT2D eigenvalue weighted by atomic mass is 14.6. The lowest BCUT2D eigenvalue weighted by molar-refractivity contribution is -0.113. The predicted molar refractivity (Wildman–Crippen MR) is 113 cm³/mol. The van der Waals surface area contributed by atoms with E-state index in [4.69, 9.17) is 0 Å². The smallest absolute Gasteiger partial charge is 0.0190 e. The number of unbranched alkanes of at least 4 members (excludes halogenated alkanes) is 3. The first-order valence-electron chi connectivity index (χ1n) is 11.4. The third-order valence-corrected chi connectivity index (χ3v) is 7.96. The van der Waals surface area contributed by atoms with Crippen LogP contribution >= 0.6 is 0 Å². The van der Waals surface area contributed by atoms with Crippen molar-refractivity contribution in [3.63, 3.8) is 0 Å². The van der Waals surface area contributed by atoms with Crippen LogP contribution in [0.2, 0.25) is 0 Å². The second-order valence-corrected chi connectivity index (χ2v) is 8.65. The Hall–Kier alpha value is 0. The maximum Gasteiger partial charge on any atom is -0.0190 e. The molecule has 0 heteroatoms. The summed E-state index contributed by atoms with van der Waals surface area (Å²) in [5, 5.41) is 0. The molecule has 0 aromatic carbocycles. The highest BCUT2D eigenvalue weighted by molar-refractivity contribution is 5.05. The van der Waals surface area contributed by atoms with Gasteiger partial charge in [0.25, 0.3) is 0 Å². The van der Waals surface area contributed by atoms with Crippen LogP contribution < -0.4 is 0 Å². The summed E-state index contributed by atoms with van der Waals surface area (Å²) in [4.78, 5) is 0. The summed E-state index contributed by atoms with van der Waals surface area (Å²) in [5.41, 5.74) is 1.54. The van der Waals surface area contributed by atoms with Crippen LogP contribution in [0.3, 0.4) is 0 Å². The van der Waals surface area contributed by atoms with Gasteiger partial charge in [-0.2, -0.15) is 0 Å². The van der Waals surface area contributed by atoms with E-state index in [9.17, 15) is 0 Å². The number of hydrogen-bond acceptors (Lipinski definition) is 0. The van der Waals surface area contributed by atoms with Crippen LogP contribution in [0, 0.1) is 16.2 Å². The molecular formula is C24H50. The molecule has 0 N–H and O–H groups in total. The Balaban J connectivity index is 6.10. The Labute approximate surface area is 155 Å². The highest BCUT2D eigenvalue weighted by Gasteiger charge is 2.55. The molecule has 0 aromatic rings. The van der Waals surface area contributed by atoms with Crippen LogP contribution in [-0.2, 0) is 0 Å². The van der Waals surface area contributed by atoms with Gasteiger partial charge in [0.15, 0.2) is 0 Å². The monoisotopic (exact) mass is 338 g/mol. The Bertz CT molecular complexity index is 301. The van der Waals surface area contributed by atoms with Gasteiger partial charge >= 0.3 is 0 Å². The van der Waals surface area contributed by atoms with Gasteiger partial charge in [0.05, 0.1) is 0 Å². The van der Waals surface area contributed by atoms with E-state index < -0.39 is 0 Å². The van der Waals surface area contributed by atoms with Crippen molar-refractivity contribution >= 4 is 0 Å². The van der Waals surface area contributed by atoms with Gasteiger partial charge in [-0.25, -0.2) is 0 Å². The first-order valence-corrected chi connectivity index (χ1v) is 11.4. The molecule has 0 amide bonds. The molecule has 0 nitrogen and oxygen atoms in total. The molecule has 0 bridgehead atoms. The number of rotatable bonds is 15. The highest BCUT2D eigenvalue weighted by Crippen LogP contribution is 2.64. The van der Waals surface area contributed by atoms with E-state index >= 15 is 0 Å². The molecule has 0 aliphatic carbocycles. The van der Waals surface area contributed by atoms with Crippen molar-refractivity contribution in [2.45, 2.75) is 139 Å². The van der Waals surface area contributed by atoms with Crippen LogP contribution in [0.15, 0.2) is 0 Å². The van der Waals surface area contributed by atoms with Gasteiger partial charge in [-0.15, -0.1) is 0 Å². The first-order chi connectivity index (χ1) is 11.4. The largest absolute Gasteiger partial charge is 0.0654 e. The second kappa shape index (κ2) is 11.6. The third-order valence-electron chi connectivity index (χ3n) is 7.96. The van der Waals surface area contributed by atoms with Crippen LogP contribution in [0.5, 0.6) is 0 Å². The van der Waals surface area contributed by atoms with Gasteiger partial charge in [-0.1, -0.05) is 107 Å². The van der Waals surface area contributed by atoms with Gasteiger partial charge in [0.1, 0.15) is 0 Å². The lowest BCUT2D eigenvalue weighted by Gasteiger charge is -2.61. The zero-order valence-electron chi connectivity index (χ0n) is 18.7. The van der Waals surface area contributed by atoms with Crippen LogP contribution in [-0.4, -0.2) is 0 Å². The molecule has 0 saturated heterocycles. The molecule has 0 fully saturated rings. The summed E-state index contributed by atoms with van der Waals surface area (Å²) in [6, 6.07) is 0. The van der Waals surface area contributed by atoms with Gasteiger partial charge in [-0.3, -0.25) is 0 Å². The minimum atomic E-state index is 0.480. The predicted octanol–water partition coefficient (Wildman–Crippen LogP) is 9.18. The average molecular weight is 339 g/mol. The van der Waals surface area contributed by atoms with Crippen molar-refractivity contribution in [1.29, 1.82) is 0 Å². The lowest BCUT2D eigenvalue weighted by Crippen LogP contribution is -2.52. The zero-order chi connectivity index (χ0) is 18.7. The Morgan fingerprint density at radius 3 is 1.42 bits per heavy atom. The lowest BCUT2D eigenvalue weighted by atomic mass is 9.44. The second-order valence-electron chi connectivity index (χ2n) is 8.65. The molecule has 146 valence electrons. The first kappa shape index (κ1) is 24.0. The van der Waals surface area contributed by atoms with Gasteiger partial charge in [-0.05, 0) is 48.3 Å². The fourth-order valence-electron chi connectivity index (χ4n) is 6.06. The SMILES string of the molecule is CCCCCC(CC)(CCCC)C(CC)(CCC)C(C)(CC)CC. The summed E-state index contributed by atoms with van der Waals surface area (Å²) in [6.07, 6.45) is 18.0. The fraction of sp³-hybridized carbons (Fsp3) is 1.00. The minimum absolute atomic E-state index is 0.480. The van der Waals surface area contributed by atoms with E-state index in [1.165, 1.54) is 83.5 Å². The molecule has 0 heterocycles. The summed E-state index contributed by atoms with van der Waals surface area (Å²) >= 11 is 0. The molecule has 0 radical (unpaired) electrons. The average Bonchev–Trinajstić information content (AvgIpc) is 2.62. The van der Waals surface area contributed by atoms with Crippen molar-refractivity contribution in [1.82, 2.24) is 0 Å². The molecule has 0 aromatic heterocycles. The van der Waals surface area contributed by atoms with Crippen molar-refractivity contribution in [2.75, 3.05) is 0 Å². The van der Waals surface area contributed by atoms with Gasteiger partial charge in [0, 0.05) is 0 Å². The Morgan fingerprint density at radius 1 is 0.500 bits per heavy atom. The van der Waals surface area contributed by atoms with E-state index in [1.807, 2.05) is 0 Å². The standard InChI is InChI=1S/C24H50/c1-9-16-18-21-23(14-6,20-17-10-2)24(15-7,19-11-3)22(8,12-4)13-5/h9-21H2,1-8H3. The molecule has 0 rings (SSSR count). The molecule has 2 unspecified atom stereocenters. The quantitative estimate of drug-likeness (QED) is 0.261. The molecule has 2 atom stereocenters. The van der Waals surface area contributed by atoms with Crippen LogP contribution in [0.4, 0.5) is 0 Å². The fourth-order valence-corrected chi connectivity index (χ4v) is 6.06. The maximum atomic E-state index is 2.63. The van der Waals surface area contributed by atoms with Crippen LogP contribution in [0.1, 0.15) is 139 Å². The zero-order valence-corrected chi connectivity index (χ0v) is 18.7. The van der Waals surface area contributed by atoms with Gasteiger partial charge in [0.2, 0.25) is 0 Å². The summed E-state index contributed by atoms with van der Waals surface area (Å²) in [6.45, 7) is 19.7. The summed E-state index contributed by atoms with van der Waals surface area (Å²) < 4.78 is 0. The Morgan fingerprint density at radius 2 is 1.04 bits per heavy atom. The topological polar surface area (TPSA) is 0 Å². The normalized spacial score (nSPS) is 17.5. The molecule has 0 aliphatic rings. The minimum Gasteiger partial charge on any atom is -0.0654 e. The molecule has 0 spiro atoms. The number of hydrogen-bond donors (Lipinski definition) is 0. The van der Waals surface area contributed by atoms with Crippen molar-refractivity contribution < 1.29 is 0 Å². The van der Waals surface area contributed by atoms with E-state index in [-0.39, 0.29) is 0 Å². The maximum absolute atomic E-state index is 2.63. The van der Waals surface area contributed by atoms with Crippen molar-refractivity contribution in [3.8, 4) is 0 Å². The molecule has 0 saturated carbocycles. The van der Waals surface area contributed by atoms with E-state index in [1.54, 1.807) is 0 Å². The summed E-state index contributed by atoms with van der Waals surface area (Å²) in [5.74, 6) is 0. The van der Waals surface area contributed by atoms with Crippen molar-refractivity contribution in [3.05, 3.63) is 0 Å². The third kappa shape index (κ3) is 4.79. The Kier molecular flexibility index (Phi) is 11.6. The summed E-state index contributed by atoms with van der Waals surface area (Å²) in [7, 11) is 0. The van der Waals surface area contributed by atoms with E-state index in [0.29, 0.717) is 16.2 Å². The molecule has 0 aliphatic heterocycles. The molecular weight excluding hydrogens is 288 g/mol. The van der Waals surface area contributed by atoms with Crippen LogP contribution in [0.25, 0.3) is 0 Å². The van der Waals surface area contributed by atoms with Crippen molar-refractivity contribution in [2.24, 2.45) is 16.2 Å². The van der Waals surface area contributed by atoms with E-state index in [0.717, 1.165) is 0 Å². The van der Waals surface area contributed by atoms with Gasteiger partial charge < -0.3 is 0 Å². The molecule has 24 heavy (non-hydrogen) atoms. The van der Waals surface area contributed by atoms with E-state index in [2.05, 4.69) is 55.4 Å².